The average molecular weight is 251 g/mol. The summed E-state index contributed by atoms with van der Waals surface area (Å²) in [6.07, 6.45) is 4.90. The predicted octanol–water partition coefficient (Wildman–Crippen LogP) is 0.801. The Bertz CT molecular complexity index is 416. The van der Waals surface area contributed by atoms with Gasteiger partial charge in [-0.1, -0.05) is 13.8 Å². The Morgan fingerprint density at radius 3 is 2.94 bits per heavy atom. The van der Waals surface area contributed by atoms with Crippen molar-refractivity contribution in [1.82, 2.24) is 20.1 Å². The Kier molecular flexibility index (Phi) is 3.84. The summed E-state index contributed by atoms with van der Waals surface area (Å²) in [4.78, 5) is 15.7. The largest absolute Gasteiger partial charge is 0.367 e. The molecule has 1 saturated carbocycles. The monoisotopic (exact) mass is 251 g/mol. The third kappa shape index (κ3) is 3.21. The molecule has 0 spiro atoms. The highest BCUT2D eigenvalue weighted by Gasteiger charge is 2.26. The number of aromatic nitrogens is 3. The fourth-order valence-corrected chi connectivity index (χ4v) is 2.66. The number of carbonyl (C=O) groups excluding carboxylic acids is 1. The molecule has 6 nitrogen and oxygen atoms in total. The van der Waals surface area contributed by atoms with Gasteiger partial charge in [0.1, 0.15) is 12.9 Å². The number of rotatable bonds is 3. The number of nitrogens with zero attached hydrogens (tertiary/aromatic N) is 3. The maximum Gasteiger partial charge on any atom is 0.242 e. The predicted molar refractivity (Wildman–Crippen MR) is 68.5 cm³/mol. The fourth-order valence-electron chi connectivity index (χ4n) is 2.66. The molecule has 3 unspecified atom stereocenters. The molecule has 0 saturated heterocycles. The van der Waals surface area contributed by atoms with Gasteiger partial charge >= 0.3 is 0 Å². The molecule has 0 radical (unpaired) electrons. The summed E-state index contributed by atoms with van der Waals surface area (Å²) in [7, 11) is 0. The highest BCUT2D eigenvalue weighted by Crippen LogP contribution is 2.28. The molecule has 1 aliphatic carbocycles. The van der Waals surface area contributed by atoms with Crippen molar-refractivity contribution in [1.29, 1.82) is 0 Å². The number of nitrogens with one attached hydrogen (secondary N) is 1. The van der Waals surface area contributed by atoms with Crippen LogP contribution in [0.2, 0.25) is 0 Å². The van der Waals surface area contributed by atoms with Crippen molar-refractivity contribution in [2.75, 3.05) is 5.73 Å². The normalized spacial score (nSPS) is 28.0. The smallest absolute Gasteiger partial charge is 0.242 e. The standard InChI is InChI=1S/C12H21N5O/c1-8-3-4-10(9(2)5-8)15-11(18)6-17-7-14-12(13)16-17/h7-10H,3-6H2,1-2H3,(H2,13,16)(H,15,18). The Labute approximate surface area is 107 Å². The minimum absolute atomic E-state index is 0.0219. The zero-order valence-corrected chi connectivity index (χ0v) is 11.0. The van der Waals surface area contributed by atoms with Gasteiger partial charge in [0, 0.05) is 6.04 Å². The van der Waals surface area contributed by atoms with Crippen LogP contribution in [-0.4, -0.2) is 26.7 Å². The Hall–Kier alpha value is -1.59. The quantitative estimate of drug-likeness (QED) is 0.832. The van der Waals surface area contributed by atoms with E-state index in [0.29, 0.717) is 5.92 Å². The topological polar surface area (TPSA) is 85.8 Å². The molecular formula is C12H21N5O. The molecule has 2 rings (SSSR count). The van der Waals surface area contributed by atoms with Crippen LogP contribution >= 0.6 is 0 Å². The maximum atomic E-state index is 11.9. The summed E-state index contributed by atoms with van der Waals surface area (Å²) in [5.74, 6) is 1.48. The van der Waals surface area contributed by atoms with Gasteiger partial charge in [-0.25, -0.2) is 9.67 Å². The van der Waals surface area contributed by atoms with E-state index in [4.69, 9.17) is 5.73 Å². The Balaban J connectivity index is 1.84. The number of hydrogen-bond donors (Lipinski definition) is 2. The number of nitrogens with two attached hydrogens (primary N) is 1. The molecule has 1 amide bonds. The summed E-state index contributed by atoms with van der Waals surface area (Å²) in [6, 6.07) is 0.287. The summed E-state index contributed by atoms with van der Waals surface area (Å²) in [5.41, 5.74) is 5.40. The molecule has 1 aromatic heterocycles. The summed E-state index contributed by atoms with van der Waals surface area (Å²) in [5, 5.41) is 6.98. The van der Waals surface area contributed by atoms with Crippen molar-refractivity contribution < 1.29 is 4.79 Å². The maximum absolute atomic E-state index is 11.9. The lowest BCUT2D eigenvalue weighted by Gasteiger charge is -2.33. The lowest BCUT2D eigenvalue weighted by molar-refractivity contribution is -0.123. The van der Waals surface area contributed by atoms with E-state index in [1.54, 1.807) is 0 Å². The molecule has 100 valence electrons. The van der Waals surface area contributed by atoms with Crippen LogP contribution in [-0.2, 0) is 11.3 Å². The van der Waals surface area contributed by atoms with Gasteiger partial charge in [0.2, 0.25) is 11.9 Å². The molecule has 0 aliphatic heterocycles. The zero-order valence-electron chi connectivity index (χ0n) is 11.0. The van der Waals surface area contributed by atoms with Gasteiger partial charge in [-0.05, 0) is 31.1 Å². The number of carbonyl (C=O) groups is 1. The van der Waals surface area contributed by atoms with Crippen molar-refractivity contribution in [3.8, 4) is 0 Å². The van der Waals surface area contributed by atoms with E-state index in [0.717, 1.165) is 12.3 Å². The zero-order chi connectivity index (χ0) is 13.1. The molecule has 1 fully saturated rings. The van der Waals surface area contributed by atoms with Gasteiger partial charge in [0.05, 0.1) is 0 Å². The lowest BCUT2D eigenvalue weighted by atomic mass is 9.80. The molecule has 18 heavy (non-hydrogen) atoms. The summed E-state index contributed by atoms with van der Waals surface area (Å²) >= 11 is 0. The number of hydrogen-bond acceptors (Lipinski definition) is 4. The van der Waals surface area contributed by atoms with E-state index in [2.05, 4.69) is 29.2 Å². The second-order valence-electron chi connectivity index (χ2n) is 5.37. The van der Waals surface area contributed by atoms with Crippen LogP contribution in [0.1, 0.15) is 33.1 Å². The van der Waals surface area contributed by atoms with Gasteiger partial charge in [0.25, 0.3) is 0 Å². The number of nitrogen functional groups attached to an aromatic ring is 1. The molecule has 1 aliphatic rings. The van der Waals surface area contributed by atoms with Crippen LogP contribution in [0, 0.1) is 11.8 Å². The summed E-state index contributed by atoms with van der Waals surface area (Å²) < 4.78 is 1.46. The van der Waals surface area contributed by atoms with Gasteiger partial charge in [-0.15, -0.1) is 5.10 Å². The lowest BCUT2D eigenvalue weighted by Crippen LogP contribution is -2.43. The van der Waals surface area contributed by atoms with E-state index in [1.807, 2.05) is 0 Å². The van der Waals surface area contributed by atoms with E-state index < -0.39 is 0 Å². The summed E-state index contributed by atoms with van der Waals surface area (Å²) in [6.45, 7) is 4.66. The van der Waals surface area contributed by atoms with Crippen LogP contribution < -0.4 is 11.1 Å². The van der Waals surface area contributed by atoms with Crippen molar-refractivity contribution in [2.45, 2.75) is 45.7 Å². The first-order valence-electron chi connectivity index (χ1n) is 6.49. The van der Waals surface area contributed by atoms with E-state index in [1.165, 1.54) is 23.9 Å². The van der Waals surface area contributed by atoms with Crippen molar-refractivity contribution in [3.05, 3.63) is 6.33 Å². The molecule has 6 heteroatoms. The third-order valence-electron chi connectivity index (χ3n) is 3.64. The Morgan fingerprint density at radius 1 is 1.56 bits per heavy atom. The molecule has 0 bridgehead atoms. The van der Waals surface area contributed by atoms with Crippen LogP contribution in [0.5, 0.6) is 0 Å². The van der Waals surface area contributed by atoms with Crippen molar-refractivity contribution in [2.24, 2.45) is 11.8 Å². The van der Waals surface area contributed by atoms with Gasteiger partial charge in [-0.3, -0.25) is 4.79 Å². The van der Waals surface area contributed by atoms with Gasteiger partial charge in [0.15, 0.2) is 0 Å². The first-order chi connectivity index (χ1) is 8.54. The highest BCUT2D eigenvalue weighted by atomic mass is 16.2. The molecule has 1 heterocycles. The van der Waals surface area contributed by atoms with Gasteiger partial charge in [-0.2, -0.15) is 0 Å². The van der Waals surface area contributed by atoms with Crippen molar-refractivity contribution >= 4 is 11.9 Å². The average Bonchev–Trinajstić information content (AvgIpc) is 2.68. The molecular weight excluding hydrogens is 230 g/mol. The third-order valence-corrected chi connectivity index (χ3v) is 3.64. The number of anilines is 1. The van der Waals surface area contributed by atoms with E-state index in [9.17, 15) is 4.79 Å². The second-order valence-corrected chi connectivity index (χ2v) is 5.37. The SMILES string of the molecule is CC1CCC(NC(=O)Cn2cnc(N)n2)C(C)C1. The first-order valence-corrected chi connectivity index (χ1v) is 6.49. The van der Waals surface area contributed by atoms with Crippen LogP contribution in [0.4, 0.5) is 5.95 Å². The minimum Gasteiger partial charge on any atom is -0.367 e. The molecule has 0 aromatic carbocycles. The highest BCUT2D eigenvalue weighted by molar-refractivity contribution is 5.76. The Morgan fingerprint density at radius 2 is 2.33 bits per heavy atom. The second kappa shape index (κ2) is 5.37. The van der Waals surface area contributed by atoms with E-state index in [-0.39, 0.29) is 24.4 Å². The molecule has 1 aromatic rings. The fraction of sp³-hybridized carbons (Fsp3) is 0.750. The van der Waals surface area contributed by atoms with Crippen molar-refractivity contribution in [3.63, 3.8) is 0 Å². The first kappa shape index (κ1) is 12.9. The minimum atomic E-state index is -0.0219. The van der Waals surface area contributed by atoms with Crippen LogP contribution in [0.15, 0.2) is 6.33 Å². The van der Waals surface area contributed by atoms with Crippen LogP contribution in [0.3, 0.4) is 0 Å². The van der Waals surface area contributed by atoms with Gasteiger partial charge < -0.3 is 11.1 Å². The number of amides is 1. The van der Waals surface area contributed by atoms with E-state index >= 15 is 0 Å². The molecule has 3 atom stereocenters. The molecule has 3 N–H and O–H groups in total. The van der Waals surface area contributed by atoms with Crippen LogP contribution in [0.25, 0.3) is 0 Å².